The van der Waals surface area contributed by atoms with Gasteiger partial charge in [0.15, 0.2) is 9.84 Å². The molecule has 1 amide bonds. The van der Waals surface area contributed by atoms with E-state index in [2.05, 4.69) is 25.8 Å². The van der Waals surface area contributed by atoms with Crippen LogP contribution in [0.25, 0.3) is 22.4 Å². The van der Waals surface area contributed by atoms with E-state index in [4.69, 9.17) is 10.7 Å². The predicted octanol–water partition coefficient (Wildman–Crippen LogP) is 1.64. The number of carbonyl (C=O) groups excluding carboxylic acids is 1. The van der Waals surface area contributed by atoms with E-state index in [1.807, 2.05) is 18.3 Å². The topological polar surface area (TPSA) is 130 Å². The number of anilines is 1. The van der Waals surface area contributed by atoms with E-state index in [9.17, 15) is 13.2 Å². The summed E-state index contributed by atoms with van der Waals surface area (Å²) in [6.07, 6.45) is 4.71. The molecule has 2 aromatic carbocycles. The third-order valence-electron chi connectivity index (χ3n) is 6.17. The number of aromatic nitrogens is 4. The third-order valence-corrected chi connectivity index (χ3v) is 7.30. The number of amides is 1. The summed E-state index contributed by atoms with van der Waals surface area (Å²) in [6.45, 7) is 4.32. The lowest BCUT2D eigenvalue weighted by Crippen LogP contribution is -2.46. The van der Waals surface area contributed by atoms with E-state index in [-0.39, 0.29) is 17.3 Å². The zero-order valence-corrected chi connectivity index (χ0v) is 20.2. The second-order valence-corrected chi connectivity index (χ2v) is 10.8. The average Bonchev–Trinajstić information content (AvgIpc) is 3.45. The Hall–Kier alpha value is -3.70. The highest BCUT2D eigenvalue weighted by molar-refractivity contribution is 7.90. The average molecular weight is 494 g/mol. The van der Waals surface area contributed by atoms with Gasteiger partial charge >= 0.3 is 0 Å². The van der Waals surface area contributed by atoms with Gasteiger partial charge in [-0.2, -0.15) is 0 Å². The van der Waals surface area contributed by atoms with Gasteiger partial charge in [-0.05, 0) is 36.4 Å². The number of nitrogens with one attached hydrogen (secondary N) is 1. The van der Waals surface area contributed by atoms with Crippen molar-refractivity contribution in [3.05, 3.63) is 60.7 Å². The molecule has 5 rings (SSSR count). The minimum Gasteiger partial charge on any atom is -0.368 e. The van der Waals surface area contributed by atoms with E-state index in [0.29, 0.717) is 5.82 Å². The van der Waals surface area contributed by atoms with Crippen LogP contribution in [-0.4, -0.2) is 71.2 Å². The standard InChI is InChI=1S/C24H27N7O3S/c1-35(33,34)19-7-5-17(6-8-19)24-27-20-3-2-4-21(23(20)28-24)31-11-9-29(10-12-31)13-18-14-30(16-26-18)15-22(25)32/h2-8,14,16H,9-13,15H2,1H3,(H2,25,32)(H,27,28). The molecule has 0 spiro atoms. The molecule has 182 valence electrons. The Bertz CT molecular complexity index is 1470. The molecule has 0 atom stereocenters. The summed E-state index contributed by atoms with van der Waals surface area (Å²) in [4.78, 5) is 28.7. The number of hydrogen-bond donors (Lipinski definition) is 2. The molecule has 3 N–H and O–H groups in total. The van der Waals surface area contributed by atoms with Gasteiger partial charge in [-0.1, -0.05) is 6.07 Å². The number of sulfone groups is 1. The number of benzene rings is 2. The summed E-state index contributed by atoms with van der Waals surface area (Å²) in [5.41, 5.74) is 9.91. The lowest BCUT2D eigenvalue weighted by Gasteiger charge is -2.35. The fourth-order valence-electron chi connectivity index (χ4n) is 4.40. The smallest absolute Gasteiger partial charge is 0.237 e. The van der Waals surface area contributed by atoms with E-state index in [0.717, 1.165) is 60.7 Å². The number of imidazole rings is 2. The summed E-state index contributed by atoms with van der Waals surface area (Å²) in [7, 11) is -3.24. The van der Waals surface area contributed by atoms with Crippen LogP contribution in [0.5, 0.6) is 0 Å². The fourth-order valence-corrected chi connectivity index (χ4v) is 5.03. The molecule has 0 bridgehead atoms. The fraction of sp³-hybridized carbons (Fsp3) is 0.292. The first-order valence-corrected chi connectivity index (χ1v) is 13.2. The molecule has 35 heavy (non-hydrogen) atoms. The molecule has 10 nitrogen and oxygen atoms in total. The van der Waals surface area contributed by atoms with Crippen LogP contribution < -0.4 is 10.6 Å². The predicted molar refractivity (Wildman–Crippen MR) is 134 cm³/mol. The molecule has 0 radical (unpaired) electrons. The molecule has 1 aliphatic heterocycles. The minimum absolute atomic E-state index is 0.137. The van der Waals surface area contributed by atoms with Gasteiger partial charge in [-0.3, -0.25) is 9.69 Å². The second kappa shape index (κ2) is 9.16. The molecule has 0 aliphatic carbocycles. The van der Waals surface area contributed by atoms with Gasteiger partial charge in [0, 0.05) is 50.7 Å². The number of carbonyl (C=O) groups is 1. The Morgan fingerprint density at radius 2 is 1.83 bits per heavy atom. The Kier molecular flexibility index (Phi) is 6.03. The number of hydrogen-bond acceptors (Lipinski definition) is 7. The zero-order valence-electron chi connectivity index (χ0n) is 19.4. The summed E-state index contributed by atoms with van der Waals surface area (Å²) >= 11 is 0. The number of rotatable bonds is 7. The summed E-state index contributed by atoms with van der Waals surface area (Å²) in [6, 6.07) is 12.9. The molecule has 1 saturated heterocycles. The van der Waals surface area contributed by atoms with Crippen LogP contribution in [-0.2, 0) is 27.7 Å². The number of nitrogens with zero attached hydrogens (tertiary/aromatic N) is 5. The van der Waals surface area contributed by atoms with Crippen LogP contribution in [0.2, 0.25) is 0 Å². The normalized spacial score (nSPS) is 15.1. The van der Waals surface area contributed by atoms with Gasteiger partial charge in [-0.15, -0.1) is 0 Å². The van der Waals surface area contributed by atoms with Gasteiger partial charge in [0.25, 0.3) is 0 Å². The van der Waals surface area contributed by atoms with Crippen LogP contribution in [0, 0.1) is 0 Å². The van der Waals surface area contributed by atoms with E-state index >= 15 is 0 Å². The Morgan fingerprint density at radius 3 is 2.51 bits per heavy atom. The van der Waals surface area contributed by atoms with Gasteiger partial charge in [0.05, 0.1) is 28.1 Å². The highest BCUT2D eigenvalue weighted by atomic mass is 32.2. The van der Waals surface area contributed by atoms with Crippen molar-refractivity contribution in [2.24, 2.45) is 5.73 Å². The van der Waals surface area contributed by atoms with Crippen molar-refractivity contribution in [1.29, 1.82) is 0 Å². The first-order chi connectivity index (χ1) is 16.8. The Balaban J connectivity index is 1.29. The van der Waals surface area contributed by atoms with Gasteiger partial charge < -0.3 is 20.2 Å². The number of piperazine rings is 1. The van der Waals surface area contributed by atoms with Gasteiger partial charge in [-0.25, -0.2) is 18.4 Å². The first-order valence-electron chi connectivity index (χ1n) is 11.3. The van der Waals surface area contributed by atoms with Crippen molar-refractivity contribution in [2.75, 3.05) is 37.3 Å². The van der Waals surface area contributed by atoms with Gasteiger partial charge in [0.2, 0.25) is 5.91 Å². The van der Waals surface area contributed by atoms with E-state index in [1.54, 1.807) is 35.2 Å². The SMILES string of the molecule is CS(=O)(=O)c1ccc(-c2nc3c(N4CCN(Cc5cn(CC(N)=O)cn5)CC4)cccc3[nH]2)cc1. The van der Waals surface area contributed by atoms with Crippen LogP contribution in [0.1, 0.15) is 5.69 Å². The van der Waals surface area contributed by atoms with Crippen LogP contribution in [0.3, 0.4) is 0 Å². The molecule has 0 unspecified atom stereocenters. The van der Waals surface area contributed by atoms with Crippen molar-refractivity contribution in [2.45, 2.75) is 18.0 Å². The maximum Gasteiger partial charge on any atom is 0.237 e. The van der Waals surface area contributed by atoms with Crippen molar-refractivity contribution < 1.29 is 13.2 Å². The largest absolute Gasteiger partial charge is 0.368 e. The quantitative estimate of drug-likeness (QED) is 0.400. The summed E-state index contributed by atoms with van der Waals surface area (Å²) in [5, 5.41) is 0. The Labute approximate surface area is 203 Å². The maximum atomic E-state index is 11.8. The molecule has 1 fully saturated rings. The molecule has 0 saturated carbocycles. The number of aromatic amines is 1. The van der Waals surface area contributed by atoms with E-state index < -0.39 is 9.84 Å². The summed E-state index contributed by atoms with van der Waals surface area (Å²) in [5.74, 6) is 0.321. The highest BCUT2D eigenvalue weighted by Crippen LogP contribution is 2.29. The monoisotopic (exact) mass is 493 g/mol. The summed E-state index contributed by atoms with van der Waals surface area (Å²) < 4.78 is 25.2. The molecule has 3 heterocycles. The van der Waals surface area contributed by atoms with Crippen molar-refractivity contribution in [3.8, 4) is 11.4 Å². The number of H-pyrrole nitrogens is 1. The molecule has 11 heteroatoms. The highest BCUT2D eigenvalue weighted by Gasteiger charge is 2.21. The Morgan fingerprint density at radius 1 is 1.09 bits per heavy atom. The zero-order chi connectivity index (χ0) is 24.6. The number of para-hydroxylation sites is 1. The van der Waals surface area contributed by atoms with Crippen LogP contribution in [0.15, 0.2) is 59.9 Å². The third kappa shape index (κ3) is 5.05. The molecule has 1 aliphatic rings. The van der Waals surface area contributed by atoms with Crippen molar-refractivity contribution >= 4 is 32.5 Å². The molecule has 4 aromatic rings. The van der Waals surface area contributed by atoms with E-state index in [1.165, 1.54) is 6.26 Å². The number of fused-ring (bicyclic) bond motifs is 1. The minimum atomic E-state index is -3.24. The maximum absolute atomic E-state index is 11.8. The molecular formula is C24H27N7O3S. The molecule has 2 aromatic heterocycles. The first kappa shape index (κ1) is 23.1. The number of primary amides is 1. The lowest BCUT2D eigenvalue weighted by atomic mass is 10.2. The van der Waals surface area contributed by atoms with Crippen molar-refractivity contribution in [3.63, 3.8) is 0 Å². The van der Waals surface area contributed by atoms with Crippen LogP contribution in [0.4, 0.5) is 5.69 Å². The molecular weight excluding hydrogens is 466 g/mol. The number of nitrogens with two attached hydrogens (primary N) is 1. The second-order valence-electron chi connectivity index (χ2n) is 8.82. The van der Waals surface area contributed by atoms with Crippen LogP contribution >= 0.6 is 0 Å². The van der Waals surface area contributed by atoms with Gasteiger partial charge in [0.1, 0.15) is 17.9 Å². The van der Waals surface area contributed by atoms with Crippen molar-refractivity contribution in [1.82, 2.24) is 24.4 Å². The lowest BCUT2D eigenvalue weighted by molar-refractivity contribution is -0.118.